The third-order valence-electron chi connectivity index (χ3n) is 4.60. The first-order chi connectivity index (χ1) is 13.2. The van der Waals surface area contributed by atoms with E-state index in [2.05, 4.69) is 4.90 Å². The summed E-state index contributed by atoms with van der Waals surface area (Å²) in [6.07, 6.45) is 1.41. The van der Waals surface area contributed by atoms with Gasteiger partial charge >= 0.3 is 0 Å². The van der Waals surface area contributed by atoms with Crippen LogP contribution in [-0.4, -0.2) is 69.4 Å². The minimum Gasteiger partial charge on any atom is -0.495 e. The van der Waals surface area contributed by atoms with E-state index in [1.165, 1.54) is 6.26 Å². The highest BCUT2D eigenvalue weighted by Gasteiger charge is 2.27. The highest BCUT2D eigenvalue weighted by molar-refractivity contribution is 7.22. The Morgan fingerprint density at radius 1 is 1.11 bits per heavy atom. The molecular weight excluding hydrogens is 370 g/mol. The number of nitrogens with zero attached hydrogens (tertiary/aromatic N) is 3. The number of carbonyl (C=O) groups is 1. The van der Waals surface area contributed by atoms with Crippen LogP contribution in [0.4, 0.5) is 5.13 Å². The Balaban J connectivity index is 1.49. The summed E-state index contributed by atoms with van der Waals surface area (Å²) in [6, 6.07) is 3.75. The standard InChI is InChI=1S/C18H21N3O5S/c1-23-12-3-4-13(24-2)16-15(12)19-18(27-16)21-7-5-20(6-8-21)17(22)14-11-25-9-10-26-14/h3-4,11H,5-10H2,1-2H3. The predicted octanol–water partition coefficient (Wildman–Crippen LogP) is 1.85. The molecule has 27 heavy (non-hydrogen) atoms. The van der Waals surface area contributed by atoms with Gasteiger partial charge in [-0.2, -0.15) is 0 Å². The maximum absolute atomic E-state index is 12.5. The van der Waals surface area contributed by atoms with E-state index in [0.717, 1.165) is 26.8 Å². The van der Waals surface area contributed by atoms with E-state index in [1.54, 1.807) is 30.5 Å². The van der Waals surface area contributed by atoms with Crippen molar-refractivity contribution >= 4 is 32.6 Å². The number of hydrogen-bond donors (Lipinski definition) is 0. The first-order valence-corrected chi connectivity index (χ1v) is 9.53. The molecule has 0 saturated carbocycles. The Labute approximate surface area is 160 Å². The van der Waals surface area contributed by atoms with E-state index in [-0.39, 0.29) is 11.7 Å². The van der Waals surface area contributed by atoms with Crippen molar-refractivity contribution in [3.63, 3.8) is 0 Å². The van der Waals surface area contributed by atoms with Crippen molar-refractivity contribution in [2.75, 3.05) is 58.5 Å². The number of thiazole rings is 1. The third kappa shape index (κ3) is 3.34. The van der Waals surface area contributed by atoms with Crippen LogP contribution < -0.4 is 14.4 Å². The van der Waals surface area contributed by atoms with Gasteiger partial charge in [-0.1, -0.05) is 11.3 Å². The molecular formula is C18H21N3O5S. The fourth-order valence-corrected chi connectivity index (χ4v) is 4.27. The first kappa shape index (κ1) is 17.7. The minimum absolute atomic E-state index is 0.123. The van der Waals surface area contributed by atoms with Gasteiger partial charge in [-0.15, -0.1) is 0 Å². The fourth-order valence-electron chi connectivity index (χ4n) is 3.15. The molecule has 4 rings (SSSR count). The number of rotatable bonds is 4. The summed E-state index contributed by atoms with van der Waals surface area (Å²) in [7, 11) is 3.28. The van der Waals surface area contributed by atoms with E-state index in [0.29, 0.717) is 39.4 Å². The van der Waals surface area contributed by atoms with Gasteiger partial charge in [0.15, 0.2) is 5.13 Å². The quantitative estimate of drug-likeness (QED) is 0.787. The topological polar surface area (TPSA) is 73.4 Å². The lowest BCUT2D eigenvalue weighted by atomic mass is 10.3. The van der Waals surface area contributed by atoms with Crippen LogP contribution >= 0.6 is 11.3 Å². The number of aromatic nitrogens is 1. The van der Waals surface area contributed by atoms with Crippen molar-refractivity contribution in [2.24, 2.45) is 0 Å². The zero-order valence-corrected chi connectivity index (χ0v) is 16.1. The molecule has 0 spiro atoms. The molecule has 0 aliphatic carbocycles. The molecule has 0 bridgehead atoms. The Bertz CT molecular complexity index is 832. The average molecular weight is 391 g/mol. The number of amides is 1. The van der Waals surface area contributed by atoms with Gasteiger partial charge in [-0.25, -0.2) is 4.98 Å². The summed E-state index contributed by atoms with van der Waals surface area (Å²) >= 11 is 1.57. The highest BCUT2D eigenvalue weighted by atomic mass is 32.1. The normalized spacial score (nSPS) is 17.2. The number of anilines is 1. The van der Waals surface area contributed by atoms with E-state index in [1.807, 2.05) is 12.1 Å². The summed E-state index contributed by atoms with van der Waals surface area (Å²) in [5.41, 5.74) is 0.799. The van der Waals surface area contributed by atoms with E-state index in [9.17, 15) is 4.79 Å². The first-order valence-electron chi connectivity index (χ1n) is 8.71. The van der Waals surface area contributed by atoms with E-state index >= 15 is 0 Å². The number of piperazine rings is 1. The molecule has 0 radical (unpaired) electrons. The summed E-state index contributed by atoms with van der Waals surface area (Å²) in [5, 5.41) is 0.899. The fraction of sp³-hybridized carbons (Fsp3) is 0.444. The second-order valence-corrected chi connectivity index (χ2v) is 7.10. The number of hydrogen-bond acceptors (Lipinski definition) is 8. The molecule has 9 heteroatoms. The summed E-state index contributed by atoms with van der Waals surface area (Å²) in [4.78, 5) is 21.2. The van der Waals surface area contributed by atoms with Gasteiger partial charge in [0.25, 0.3) is 5.91 Å². The predicted molar refractivity (Wildman–Crippen MR) is 102 cm³/mol. The Morgan fingerprint density at radius 3 is 2.52 bits per heavy atom. The number of fused-ring (bicyclic) bond motifs is 1. The van der Waals surface area contributed by atoms with Crippen LogP contribution in [0, 0.1) is 0 Å². The SMILES string of the molecule is COc1ccc(OC)c2sc(N3CCN(C(=O)C4=COCCO4)CC3)nc12. The number of benzene rings is 1. The largest absolute Gasteiger partial charge is 0.495 e. The molecule has 1 amide bonds. The summed E-state index contributed by atoms with van der Waals surface area (Å²) < 4.78 is 22.4. The summed E-state index contributed by atoms with van der Waals surface area (Å²) in [6.45, 7) is 3.49. The van der Waals surface area contributed by atoms with Gasteiger partial charge in [0.05, 0.1) is 14.2 Å². The minimum atomic E-state index is -0.123. The molecule has 1 saturated heterocycles. The lowest BCUT2D eigenvalue weighted by molar-refractivity contribution is -0.132. The van der Waals surface area contributed by atoms with Crippen molar-refractivity contribution in [1.82, 2.24) is 9.88 Å². The van der Waals surface area contributed by atoms with Crippen molar-refractivity contribution in [1.29, 1.82) is 0 Å². The third-order valence-corrected chi connectivity index (χ3v) is 5.73. The van der Waals surface area contributed by atoms with Gasteiger partial charge in [0, 0.05) is 26.2 Å². The molecule has 2 aliphatic heterocycles. The Morgan fingerprint density at radius 2 is 1.85 bits per heavy atom. The van der Waals surface area contributed by atoms with E-state index in [4.69, 9.17) is 23.9 Å². The second kappa shape index (κ2) is 7.51. The zero-order chi connectivity index (χ0) is 18.8. The number of methoxy groups -OCH3 is 2. The van der Waals surface area contributed by atoms with Crippen molar-refractivity contribution in [3.8, 4) is 11.5 Å². The molecule has 0 unspecified atom stereocenters. The zero-order valence-electron chi connectivity index (χ0n) is 15.3. The van der Waals surface area contributed by atoms with Crippen molar-refractivity contribution in [2.45, 2.75) is 0 Å². The van der Waals surface area contributed by atoms with Gasteiger partial charge < -0.3 is 28.7 Å². The smallest absolute Gasteiger partial charge is 0.292 e. The van der Waals surface area contributed by atoms with Crippen LogP contribution in [-0.2, 0) is 14.3 Å². The number of ether oxygens (including phenoxy) is 4. The Kier molecular flexibility index (Phi) is 4.93. The molecule has 8 nitrogen and oxygen atoms in total. The monoisotopic (exact) mass is 391 g/mol. The van der Waals surface area contributed by atoms with Crippen LogP contribution in [0.1, 0.15) is 0 Å². The maximum Gasteiger partial charge on any atom is 0.292 e. The second-order valence-electron chi connectivity index (χ2n) is 6.12. The lowest BCUT2D eigenvalue weighted by Gasteiger charge is -2.35. The van der Waals surface area contributed by atoms with Crippen LogP contribution in [0.5, 0.6) is 11.5 Å². The average Bonchev–Trinajstić information content (AvgIpc) is 3.19. The molecule has 0 atom stereocenters. The number of carbonyl (C=O) groups excluding carboxylic acids is 1. The van der Waals surface area contributed by atoms with Crippen LogP contribution in [0.15, 0.2) is 24.2 Å². The molecule has 144 valence electrons. The maximum atomic E-state index is 12.5. The van der Waals surface area contributed by atoms with Crippen molar-refractivity contribution < 1.29 is 23.7 Å². The van der Waals surface area contributed by atoms with Crippen molar-refractivity contribution in [3.05, 3.63) is 24.2 Å². The molecule has 2 aromatic rings. The molecule has 1 fully saturated rings. The highest BCUT2D eigenvalue weighted by Crippen LogP contribution is 2.40. The van der Waals surface area contributed by atoms with Crippen LogP contribution in [0.2, 0.25) is 0 Å². The molecule has 1 aromatic heterocycles. The molecule has 1 aromatic carbocycles. The lowest BCUT2D eigenvalue weighted by Crippen LogP contribution is -2.49. The Hall–Kier alpha value is -2.68. The molecule has 2 aliphatic rings. The van der Waals surface area contributed by atoms with Gasteiger partial charge in [0.1, 0.15) is 41.2 Å². The molecule has 3 heterocycles. The van der Waals surface area contributed by atoms with Gasteiger partial charge in [0.2, 0.25) is 5.76 Å². The van der Waals surface area contributed by atoms with Gasteiger partial charge in [-0.3, -0.25) is 4.79 Å². The molecule has 0 N–H and O–H groups in total. The van der Waals surface area contributed by atoms with E-state index < -0.39 is 0 Å². The van der Waals surface area contributed by atoms with Gasteiger partial charge in [-0.05, 0) is 12.1 Å². The van der Waals surface area contributed by atoms with Crippen LogP contribution in [0.25, 0.3) is 10.2 Å². The van der Waals surface area contributed by atoms with Crippen LogP contribution in [0.3, 0.4) is 0 Å². The summed E-state index contributed by atoms with van der Waals surface area (Å²) in [5.74, 6) is 1.67.